The summed E-state index contributed by atoms with van der Waals surface area (Å²) in [6, 6.07) is 15.4. The number of hydrogen-bond donors (Lipinski definition) is 1. The number of hydrogen-bond acceptors (Lipinski definition) is 7. The molecule has 0 saturated carbocycles. The Hall–Kier alpha value is -5.10. The monoisotopic (exact) mass is 634 g/mol. The summed E-state index contributed by atoms with van der Waals surface area (Å²) in [4.78, 5) is 57.4. The van der Waals surface area contributed by atoms with Crippen LogP contribution in [0.1, 0.15) is 41.2 Å². The van der Waals surface area contributed by atoms with Gasteiger partial charge in [-0.25, -0.2) is 15.0 Å². The molecule has 12 nitrogen and oxygen atoms in total. The topological polar surface area (TPSA) is 131 Å². The van der Waals surface area contributed by atoms with Gasteiger partial charge in [0.1, 0.15) is 24.0 Å². The third kappa shape index (κ3) is 5.73. The molecule has 0 bridgehead atoms. The Morgan fingerprint density at radius 2 is 1.70 bits per heavy atom. The lowest BCUT2D eigenvalue weighted by Gasteiger charge is -2.43. The first-order valence-electron chi connectivity index (χ1n) is 16.0. The highest BCUT2D eigenvalue weighted by molar-refractivity contribution is 5.94. The molecule has 4 aromatic heterocycles. The van der Waals surface area contributed by atoms with Crippen LogP contribution in [0.3, 0.4) is 0 Å². The number of piperidine rings is 2. The standard InChI is InChI=1S/C35H38N8O4/c1-39-14-10-27-31(39)38-23-43(33(27)45)21-35(47)12-16-41(17-13-35)32(44)26-11-15-42(20-28(26)24-6-4-3-5-7-24)34(46)30-9-8-29(40(30)2)25-18-36-22-37-19-25/h3-10,14,18-19,22-23,26,28,47H,11-13,15-17,20-21H2,1-2H3/t26-,28+/m1/s1. The summed E-state index contributed by atoms with van der Waals surface area (Å²) in [5.41, 5.74) is 2.57. The molecule has 1 N–H and O–H groups in total. The van der Waals surface area contributed by atoms with Crippen LogP contribution in [0.4, 0.5) is 0 Å². The Balaban J connectivity index is 1.05. The minimum atomic E-state index is -1.13. The maximum Gasteiger partial charge on any atom is 0.270 e. The lowest BCUT2D eigenvalue weighted by atomic mass is 9.79. The molecule has 2 aliphatic rings. The molecule has 0 spiro atoms. The van der Waals surface area contributed by atoms with Gasteiger partial charge in [0.15, 0.2) is 0 Å². The van der Waals surface area contributed by atoms with Crippen LogP contribution >= 0.6 is 0 Å². The van der Waals surface area contributed by atoms with E-state index in [9.17, 15) is 19.5 Å². The van der Waals surface area contributed by atoms with Gasteiger partial charge < -0.3 is 24.0 Å². The Bertz CT molecular complexity index is 1980. The molecule has 2 aliphatic heterocycles. The molecule has 6 heterocycles. The van der Waals surface area contributed by atoms with E-state index < -0.39 is 5.60 Å². The molecule has 242 valence electrons. The predicted octanol–water partition coefficient (Wildman–Crippen LogP) is 2.83. The Labute approximate surface area is 271 Å². The van der Waals surface area contributed by atoms with Crippen LogP contribution in [0.5, 0.6) is 0 Å². The number of benzene rings is 1. The normalized spacial score (nSPS) is 19.6. The van der Waals surface area contributed by atoms with Gasteiger partial charge in [-0.3, -0.25) is 19.0 Å². The van der Waals surface area contributed by atoms with Crippen LogP contribution in [0.2, 0.25) is 0 Å². The number of aryl methyl sites for hydroxylation is 1. The largest absolute Gasteiger partial charge is 0.388 e. The number of aromatic nitrogens is 6. The van der Waals surface area contributed by atoms with Crippen LogP contribution in [-0.2, 0) is 25.4 Å². The van der Waals surface area contributed by atoms with Crippen molar-refractivity contribution in [3.63, 3.8) is 0 Å². The summed E-state index contributed by atoms with van der Waals surface area (Å²) in [6.45, 7) is 1.78. The lowest BCUT2D eigenvalue weighted by molar-refractivity contribution is -0.142. The van der Waals surface area contributed by atoms with Gasteiger partial charge in [-0.1, -0.05) is 30.3 Å². The molecular formula is C35H38N8O4. The average Bonchev–Trinajstić information content (AvgIpc) is 3.68. The number of carbonyl (C=O) groups is 2. The number of fused-ring (bicyclic) bond motifs is 1. The number of likely N-dealkylation sites (tertiary alicyclic amines) is 2. The fourth-order valence-corrected chi connectivity index (χ4v) is 7.23. The quantitative estimate of drug-likeness (QED) is 0.304. The highest BCUT2D eigenvalue weighted by Crippen LogP contribution is 2.36. The van der Waals surface area contributed by atoms with Gasteiger partial charge in [0.25, 0.3) is 11.5 Å². The van der Waals surface area contributed by atoms with E-state index in [1.165, 1.54) is 17.2 Å². The summed E-state index contributed by atoms with van der Waals surface area (Å²) < 4.78 is 5.14. The second-order valence-electron chi connectivity index (χ2n) is 12.8. The summed E-state index contributed by atoms with van der Waals surface area (Å²) >= 11 is 0. The fourth-order valence-electron chi connectivity index (χ4n) is 7.23. The molecule has 47 heavy (non-hydrogen) atoms. The van der Waals surface area contributed by atoms with E-state index >= 15 is 0 Å². The number of amides is 2. The van der Waals surface area contributed by atoms with Crippen LogP contribution < -0.4 is 5.56 Å². The van der Waals surface area contributed by atoms with Crippen molar-refractivity contribution < 1.29 is 14.7 Å². The number of rotatable bonds is 6. The summed E-state index contributed by atoms with van der Waals surface area (Å²) in [6.07, 6.45) is 9.46. The minimum Gasteiger partial charge on any atom is -0.388 e. The van der Waals surface area contributed by atoms with E-state index in [1.54, 1.807) is 29.2 Å². The van der Waals surface area contributed by atoms with Crippen LogP contribution in [0.15, 0.2) is 84.6 Å². The zero-order valence-corrected chi connectivity index (χ0v) is 26.6. The molecule has 0 radical (unpaired) electrons. The van der Waals surface area contributed by atoms with Crippen molar-refractivity contribution in [2.45, 2.75) is 37.3 Å². The summed E-state index contributed by atoms with van der Waals surface area (Å²) in [7, 11) is 3.70. The molecule has 2 fully saturated rings. The van der Waals surface area contributed by atoms with Crippen molar-refractivity contribution >= 4 is 22.8 Å². The van der Waals surface area contributed by atoms with Gasteiger partial charge in [-0.2, -0.15) is 0 Å². The van der Waals surface area contributed by atoms with Crippen molar-refractivity contribution in [3.8, 4) is 11.3 Å². The second kappa shape index (κ2) is 12.3. The average molecular weight is 635 g/mol. The van der Waals surface area contributed by atoms with Gasteiger partial charge in [0, 0.05) is 76.3 Å². The third-order valence-electron chi connectivity index (χ3n) is 9.96. The van der Waals surface area contributed by atoms with Crippen molar-refractivity contribution in [2.75, 3.05) is 26.2 Å². The first kappa shape index (κ1) is 30.5. The van der Waals surface area contributed by atoms with Crippen LogP contribution in [0, 0.1) is 5.92 Å². The predicted molar refractivity (Wildman–Crippen MR) is 175 cm³/mol. The van der Waals surface area contributed by atoms with E-state index in [2.05, 4.69) is 15.0 Å². The van der Waals surface area contributed by atoms with E-state index in [4.69, 9.17) is 0 Å². The molecule has 1 aromatic carbocycles. The van der Waals surface area contributed by atoms with Crippen molar-refractivity contribution in [1.29, 1.82) is 0 Å². The van der Waals surface area contributed by atoms with Gasteiger partial charge in [0.2, 0.25) is 5.91 Å². The molecule has 12 heteroatoms. The number of nitrogens with zero attached hydrogens (tertiary/aromatic N) is 8. The van der Waals surface area contributed by atoms with Gasteiger partial charge in [0.05, 0.1) is 23.2 Å². The maximum absolute atomic E-state index is 14.1. The molecule has 5 aromatic rings. The molecule has 2 amide bonds. The van der Waals surface area contributed by atoms with Gasteiger partial charge >= 0.3 is 0 Å². The lowest BCUT2D eigenvalue weighted by Crippen LogP contribution is -2.53. The molecule has 2 atom stereocenters. The zero-order valence-electron chi connectivity index (χ0n) is 26.6. The molecule has 0 unspecified atom stereocenters. The Morgan fingerprint density at radius 1 is 0.957 bits per heavy atom. The van der Waals surface area contributed by atoms with Gasteiger partial charge in [-0.15, -0.1) is 0 Å². The first-order valence-corrected chi connectivity index (χ1v) is 16.0. The van der Waals surface area contributed by atoms with Gasteiger partial charge in [-0.05, 0) is 43.0 Å². The summed E-state index contributed by atoms with van der Waals surface area (Å²) in [5.74, 6) is -0.510. The number of aliphatic hydroxyl groups is 1. The number of carbonyl (C=O) groups excluding carboxylic acids is 2. The zero-order chi connectivity index (χ0) is 32.7. The SMILES string of the molecule is Cn1c(C(=O)N2CC[C@@H](C(=O)N3CCC(O)(Cn4cnc5c(ccn5C)c4=O)CC3)[C@H](c3ccccc3)C2)ccc1-c1cncnc1. The molecule has 2 saturated heterocycles. The highest BCUT2D eigenvalue weighted by Gasteiger charge is 2.42. The van der Waals surface area contributed by atoms with E-state index in [0.717, 1.165) is 16.8 Å². The molecule has 7 rings (SSSR count). The van der Waals surface area contributed by atoms with E-state index in [0.29, 0.717) is 62.2 Å². The van der Waals surface area contributed by atoms with Crippen molar-refractivity contribution in [1.82, 2.24) is 38.5 Å². The van der Waals surface area contributed by atoms with Crippen molar-refractivity contribution in [3.05, 3.63) is 101 Å². The van der Waals surface area contributed by atoms with E-state index in [1.807, 2.05) is 70.9 Å². The van der Waals surface area contributed by atoms with Crippen LogP contribution in [-0.4, -0.2) is 87.2 Å². The minimum absolute atomic E-state index is 0.0442. The fraction of sp³-hybridized carbons (Fsp3) is 0.371. The Kier molecular flexibility index (Phi) is 7.96. The second-order valence-corrected chi connectivity index (χ2v) is 12.8. The first-order chi connectivity index (χ1) is 22.7. The van der Waals surface area contributed by atoms with Crippen molar-refractivity contribution in [2.24, 2.45) is 20.0 Å². The molecule has 0 aliphatic carbocycles. The highest BCUT2D eigenvalue weighted by atomic mass is 16.3. The maximum atomic E-state index is 14.1. The Morgan fingerprint density at radius 3 is 2.45 bits per heavy atom. The van der Waals surface area contributed by atoms with Crippen LogP contribution in [0.25, 0.3) is 22.3 Å². The molecular weight excluding hydrogens is 596 g/mol. The smallest absolute Gasteiger partial charge is 0.270 e. The van der Waals surface area contributed by atoms with E-state index in [-0.39, 0.29) is 35.8 Å². The summed E-state index contributed by atoms with van der Waals surface area (Å²) in [5, 5.41) is 12.0. The third-order valence-corrected chi connectivity index (χ3v) is 9.96.